The molecule has 5 heteroatoms. The number of esters is 2. The fourth-order valence-corrected chi connectivity index (χ4v) is 1.66. The van der Waals surface area contributed by atoms with Crippen molar-refractivity contribution < 1.29 is 19.1 Å². The highest BCUT2D eigenvalue weighted by Crippen LogP contribution is 2.29. The van der Waals surface area contributed by atoms with E-state index >= 15 is 0 Å². The third kappa shape index (κ3) is 3.56. The molecule has 0 unspecified atom stereocenters. The topological polar surface area (TPSA) is 52.6 Å². The van der Waals surface area contributed by atoms with Crippen molar-refractivity contribution in [3.05, 3.63) is 11.0 Å². The summed E-state index contributed by atoms with van der Waals surface area (Å²) in [6.07, 6.45) is 0. The molecule has 0 spiro atoms. The van der Waals surface area contributed by atoms with Crippen LogP contribution in [0.2, 0.25) is 0 Å². The van der Waals surface area contributed by atoms with E-state index in [1.54, 1.807) is 0 Å². The lowest BCUT2D eigenvalue weighted by Crippen LogP contribution is -2.41. The molecule has 4 nitrogen and oxygen atoms in total. The number of carbonyl (C=O) groups excluding carboxylic acids is 2. The minimum absolute atomic E-state index is 0.0424. The van der Waals surface area contributed by atoms with Gasteiger partial charge in [-0.1, -0.05) is 20.8 Å². The van der Waals surface area contributed by atoms with Crippen LogP contribution in [-0.4, -0.2) is 22.5 Å². The van der Waals surface area contributed by atoms with E-state index in [2.05, 4.69) is 0 Å². The van der Waals surface area contributed by atoms with Gasteiger partial charge in [0.2, 0.25) is 0 Å². The van der Waals surface area contributed by atoms with Crippen molar-refractivity contribution in [2.24, 2.45) is 0 Å². The normalized spacial score (nSPS) is 20.2. The van der Waals surface area contributed by atoms with Crippen LogP contribution >= 0.6 is 11.8 Å². The highest BCUT2D eigenvalue weighted by molar-refractivity contribution is 8.03. The van der Waals surface area contributed by atoms with Crippen LogP contribution in [0.15, 0.2) is 11.0 Å². The summed E-state index contributed by atoms with van der Waals surface area (Å²) in [7, 11) is 0. The quantitative estimate of drug-likeness (QED) is 0.402. The molecule has 0 saturated carbocycles. The van der Waals surface area contributed by atoms with Gasteiger partial charge in [-0.25, -0.2) is 9.59 Å². The summed E-state index contributed by atoms with van der Waals surface area (Å²) in [5, 5.41) is 1.50. The third-order valence-electron chi connectivity index (χ3n) is 1.65. The second-order valence-corrected chi connectivity index (χ2v) is 6.64. The first kappa shape index (κ1) is 13.1. The molecule has 0 amide bonds. The Kier molecular flexibility index (Phi) is 3.38. The SMILES string of the molecule is CC1(C)OC(=O)C(=CSC(C)(C)C)C(=O)O1. The zero-order valence-corrected chi connectivity index (χ0v) is 10.9. The largest absolute Gasteiger partial charge is 0.419 e. The average Bonchev–Trinajstić information content (AvgIpc) is 1.96. The van der Waals surface area contributed by atoms with Gasteiger partial charge in [-0.2, -0.15) is 0 Å². The Morgan fingerprint density at radius 1 is 1.12 bits per heavy atom. The lowest BCUT2D eigenvalue weighted by Gasteiger charge is -2.30. The van der Waals surface area contributed by atoms with Gasteiger partial charge < -0.3 is 9.47 Å². The van der Waals surface area contributed by atoms with Crippen LogP contribution in [0.3, 0.4) is 0 Å². The van der Waals surface area contributed by atoms with Crippen molar-refractivity contribution in [3.8, 4) is 0 Å². The van der Waals surface area contributed by atoms with Crippen molar-refractivity contribution in [3.63, 3.8) is 0 Å². The number of carbonyl (C=O) groups is 2. The highest BCUT2D eigenvalue weighted by Gasteiger charge is 2.39. The maximum atomic E-state index is 11.5. The third-order valence-corrected chi connectivity index (χ3v) is 2.71. The lowest BCUT2D eigenvalue weighted by atomic mass is 10.2. The molecule has 1 rings (SSSR count). The summed E-state index contributed by atoms with van der Waals surface area (Å²) >= 11 is 1.38. The fourth-order valence-electron chi connectivity index (χ4n) is 0.993. The molecule has 1 aliphatic rings. The predicted molar refractivity (Wildman–Crippen MR) is 61.7 cm³/mol. The van der Waals surface area contributed by atoms with Crippen LogP contribution in [0.25, 0.3) is 0 Å². The van der Waals surface area contributed by atoms with E-state index < -0.39 is 17.7 Å². The summed E-state index contributed by atoms with van der Waals surface area (Å²) in [6.45, 7) is 9.00. The second kappa shape index (κ2) is 4.13. The fraction of sp³-hybridized carbons (Fsp3) is 0.636. The van der Waals surface area contributed by atoms with Gasteiger partial charge in [0.25, 0.3) is 5.79 Å². The number of ether oxygens (including phenoxy) is 2. The van der Waals surface area contributed by atoms with E-state index in [1.807, 2.05) is 20.8 Å². The molecular formula is C11H16O4S. The first-order valence-electron chi connectivity index (χ1n) is 4.95. The molecule has 16 heavy (non-hydrogen) atoms. The zero-order chi connectivity index (χ0) is 12.6. The second-order valence-electron chi connectivity index (χ2n) is 4.94. The summed E-state index contributed by atoms with van der Waals surface area (Å²) in [4.78, 5) is 23.1. The maximum Gasteiger partial charge on any atom is 0.349 e. The van der Waals surface area contributed by atoms with E-state index in [0.29, 0.717) is 0 Å². The number of thioether (sulfide) groups is 1. The Labute approximate surface area is 99.4 Å². The monoisotopic (exact) mass is 244 g/mol. The average molecular weight is 244 g/mol. The molecule has 1 saturated heterocycles. The van der Waals surface area contributed by atoms with Gasteiger partial charge in [-0.3, -0.25) is 0 Å². The number of cyclic esters (lactones) is 2. The van der Waals surface area contributed by atoms with Gasteiger partial charge in [-0.15, -0.1) is 11.8 Å². The van der Waals surface area contributed by atoms with Crippen LogP contribution in [0, 0.1) is 0 Å². The van der Waals surface area contributed by atoms with E-state index in [9.17, 15) is 9.59 Å². The Morgan fingerprint density at radius 3 is 1.94 bits per heavy atom. The van der Waals surface area contributed by atoms with Gasteiger partial charge in [0, 0.05) is 18.6 Å². The lowest BCUT2D eigenvalue weighted by molar-refractivity contribution is -0.222. The van der Waals surface area contributed by atoms with Gasteiger partial charge in [0.05, 0.1) is 0 Å². The summed E-state index contributed by atoms with van der Waals surface area (Å²) < 4.78 is 9.85. The molecular weight excluding hydrogens is 228 g/mol. The smallest absolute Gasteiger partial charge is 0.349 e. The van der Waals surface area contributed by atoms with Gasteiger partial charge >= 0.3 is 11.9 Å². The molecule has 1 aliphatic heterocycles. The molecule has 0 aliphatic carbocycles. The number of hydrogen-bond acceptors (Lipinski definition) is 5. The first-order chi connectivity index (χ1) is 7.11. The minimum Gasteiger partial charge on any atom is -0.419 e. The highest BCUT2D eigenvalue weighted by atomic mass is 32.2. The van der Waals surface area contributed by atoms with Crippen molar-refractivity contribution >= 4 is 23.7 Å². The van der Waals surface area contributed by atoms with Gasteiger partial charge in [0.1, 0.15) is 0 Å². The Balaban J connectivity index is 2.83. The van der Waals surface area contributed by atoms with Gasteiger partial charge in [-0.05, 0) is 5.41 Å². The van der Waals surface area contributed by atoms with Crippen LogP contribution in [-0.2, 0) is 19.1 Å². The zero-order valence-electron chi connectivity index (χ0n) is 10.1. The predicted octanol–water partition coefficient (Wildman–Crippen LogP) is 2.24. The maximum absolute atomic E-state index is 11.5. The van der Waals surface area contributed by atoms with E-state index in [0.717, 1.165) is 0 Å². The van der Waals surface area contributed by atoms with E-state index in [4.69, 9.17) is 9.47 Å². The molecule has 90 valence electrons. The van der Waals surface area contributed by atoms with Crippen molar-refractivity contribution in [2.45, 2.75) is 45.2 Å². The van der Waals surface area contributed by atoms with Crippen LogP contribution < -0.4 is 0 Å². The molecule has 0 N–H and O–H groups in total. The molecule has 0 aromatic heterocycles. The Hall–Kier alpha value is -0.970. The summed E-state index contributed by atoms with van der Waals surface area (Å²) in [5.41, 5.74) is -0.0424. The molecule has 0 bridgehead atoms. The number of rotatable bonds is 1. The molecule has 0 aromatic carbocycles. The van der Waals surface area contributed by atoms with Crippen LogP contribution in [0.5, 0.6) is 0 Å². The van der Waals surface area contributed by atoms with Gasteiger partial charge in [0.15, 0.2) is 5.57 Å². The summed E-state index contributed by atoms with van der Waals surface area (Å²) in [6, 6.07) is 0. The standard InChI is InChI=1S/C11H16O4S/c1-10(2,3)16-6-7-8(12)14-11(4,5)15-9(7)13/h6H,1-5H3. The molecule has 1 fully saturated rings. The molecule has 0 atom stereocenters. The van der Waals surface area contributed by atoms with E-state index in [-0.39, 0.29) is 10.3 Å². The first-order valence-corrected chi connectivity index (χ1v) is 5.83. The van der Waals surface area contributed by atoms with Crippen LogP contribution in [0.1, 0.15) is 34.6 Å². The Morgan fingerprint density at radius 2 is 1.56 bits per heavy atom. The number of hydrogen-bond donors (Lipinski definition) is 0. The Bertz CT molecular complexity index is 327. The summed E-state index contributed by atoms with van der Waals surface area (Å²) in [5.74, 6) is -2.42. The van der Waals surface area contributed by atoms with Crippen molar-refractivity contribution in [1.82, 2.24) is 0 Å². The van der Waals surface area contributed by atoms with Crippen molar-refractivity contribution in [1.29, 1.82) is 0 Å². The van der Waals surface area contributed by atoms with Crippen molar-refractivity contribution in [2.75, 3.05) is 0 Å². The molecule has 0 radical (unpaired) electrons. The molecule has 1 heterocycles. The van der Waals surface area contributed by atoms with Crippen LogP contribution in [0.4, 0.5) is 0 Å². The minimum atomic E-state index is -1.17. The molecule has 0 aromatic rings. The van der Waals surface area contributed by atoms with E-state index in [1.165, 1.54) is 31.0 Å².